The number of carbonyl (C=O) groups is 2. The molecule has 0 fully saturated rings. The quantitative estimate of drug-likeness (QED) is 0.801. The van der Waals surface area contributed by atoms with Gasteiger partial charge in [0.15, 0.2) is 6.29 Å². The van der Waals surface area contributed by atoms with Crippen LogP contribution < -0.4 is 5.32 Å². The molecule has 0 saturated carbocycles. The SMILES string of the molecule is Cc1cc(Br)c(C=O)cc1NC(=O)O. The van der Waals surface area contributed by atoms with E-state index in [0.29, 0.717) is 22.0 Å². The molecule has 0 aromatic heterocycles. The third kappa shape index (κ3) is 2.32. The molecule has 0 saturated heterocycles. The summed E-state index contributed by atoms with van der Waals surface area (Å²) in [4.78, 5) is 21.0. The molecule has 5 heteroatoms. The highest BCUT2D eigenvalue weighted by molar-refractivity contribution is 9.10. The van der Waals surface area contributed by atoms with Crippen molar-refractivity contribution < 1.29 is 14.7 Å². The van der Waals surface area contributed by atoms with E-state index < -0.39 is 6.09 Å². The number of carbonyl (C=O) groups excluding carboxylic acids is 1. The molecule has 74 valence electrons. The molecule has 1 rings (SSSR count). The number of halogens is 1. The number of hydrogen-bond acceptors (Lipinski definition) is 2. The van der Waals surface area contributed by atoms with Crippen LogP contribution >= 0.6 is 15.9 Å². The zero-order valence-electron chi connectivity index (χ0n) is 7.37. The van der Waals surface area contributed by atoms with Crippen LogP contribution in [0.4, 0.5) is 10.5 Å². The van der Waals surface area contributed by atoms with Crippen molar-refractivity contribution in [3.63, 3.8) is 0 Å². The van der Waals surface area contributed by atoms with Crippen LogP contribution in [0.15, 0.2) is 16.6 Å². The van der Waals surface area contributed by atoms with Crippen molar-refractivity contribution in [2.45, 2.75) is 6.92 Å². The first-order chi connectivity index (χ1) is 6.54. The second-order valence-corrected chi connectivity index (χ2v) is 3.59. The molecule has 0 aliphatic rings. The Morgan fingerprint density at radius 3 is 2.71 bits per heavy atom. The molecule has 1 amide bonds. The fourth-order valence-corrected chi connectivity index (χ4v) is 1.58. The van der Waals surface area contributed by atoms with Gasteiger partial charge in [0.2, 0.25) is 0 Å². The van der Waals surface area contributed by atoms with E-state index in [4.69, 9.17) is 5.11 Å². The predicted molar refractivity (Wildman–Crippen MR) is 55.9 cm³/mol. The van der Waals surface area contributed by atoms with Gasteiger partial charge in [-0.2, -0.15) is 0 Å². The Hall–Kier alpha value is -1.36. The summed E-state index contributed by atoms with van der Waals surface area (Å²) < 4.78 is 0.654. The molecule has 0 aliphatic carbocycles. The van der Waals surface area contributed by atoms with E-state index >= 15 is 0 Å². The zero-order chi connectivity index (χ0) is 10.7. The second-order valence-electron chi connectivity index (χ2n) is 2.74. The van der Waals surface area contributed by atoms with Crippen LogP contribution in [0, 0.1) is 6.92 Å². The lowest BCUT2D eigenvalue weighted by molar-refractivity contribution is 0.112. The molecule has 14 heavy (non-hydrogen) atoms. The summed E-state index contributed by atoms with van der Waals surface area (Å²) in [6.45, 7) is 1.75. The van der Waals surface area contributed by atoms with Crippen molar-refractivity contribution in [2.24, 2.45) is 0 Å². The number of carboxylic acid groups (broad SMARTS) is 1. The summed E-state index contributed by atoms with van der Waals surface area (Å²) in [5.74, 6) is 0. The van der Waals surface area contributed by atoms with Crippen LogP contribution in [0.1, 0.15) is 15.9 Å². The summed E-state index contributed by atoms with van der Waals surface area (Å²) in [5.41, 5.74) is 1.59. The standard InChI is InChI=1S/C9H8BrNO3/c1-5-2-7(10)6(4-12)3-8(5)11-9(13)14/h2-4,11H,1H3,(H,13,14). The monoisotopic (exact) mass is 257 g/mol. The minimum absolute atomic E-state index is 0.416. The van der Waals surface area contributed by atoms with Crippen molar-refractivity contribution in [1.82, 2.24) is 0 Å². The highest BCUT2D eigenvalue weighted by atomic mass is 79.9. The average Bonchev–Trinajstić information content (AvgIpc) is 2.09. The van der Waals surface area contributed by atoms with Gasteiger partial charge in [-0.3, -0.25) is 10.1 Å². The molecular formula is C9H8BrNO3. The van der Waals surface area contributed by atoms with Crippen molar-refractivity contribution in [2.75, 3.05) is 5.32 Å². The molecule has 0 atom stereocenters. The molecule has 1 aromatic rings. The highest BCUT2D eigenvalue weighted by Crippen LogP contribution is 2.23. The third-order valence-electron chi connectivity index (χ3n) is 1.71. The lowest BCUT2D eigenvalue weighted by Gasteiger charge is -2.07. The van der Waals surface area contributed by atoms with Crippen LogP contribution in [-0.2, 0) is 0 Å². The average molecular weight is 258 g/mol. The lowest BCUT2D eigenvalue weighted by atomic mass is 10.1. The van der Waals surface area contributed by atoms with Crippen LogP contribution in [0.5, 0.6) is 0 Å². The molecule has 0 unspecified atom stereocenters. The number of amides is 1. The number of benzene rings is 1. The van der Waals surface area contributed by atoms with E-state index in [1.807, 2.05) is 0 Å². The molecule has 0 bridgehead atoms. The first-order valence-electron chi connectivity index (χ1n) is 3.80. The van der Waals surface area contributed by atoms with E-state index in [-0.39, 0.29) is 0 Å². The molecular weight excluding hydrogens is 250 g/mol. The van der Waals surface area contributed by atoms with Gasteiger partial charge in [-0.05, 0) is 24.6 Å². The van der Waals surface area contributed by atoms with E-state index in [9.17, 15) is 9.59 Å². The fourth-order valence-electron chi connectivity index (χ4n) is 1.03. The number of aryl methyl sites for hydroxylation is 1. The van der Waals surface area contributed by atoms with Gasteiger partial charge in [0.1, 0.15) is 0 Å². The topological polar surface area (TPSA) is 66.4 Å². The number of anilines is 1. The van der Waals surface area contributed by atoms with E-state index in [1.54, 1.807) is 13.0 Å². The van der Waals surface area contributed by atoms with Crippen molar-refractivity contribution in [3.05, 3.63) is 27.7 Å². The van der Waals surface area contributed by atoms with Gasteiger partial charge in [0.25, 0.3) is 0 Å². The number of hydrogen-bond donors (Lipinski definition) is 2. The number of aldehydes is 1. The first-order valence-corrected chi connectivity index (χ1v) is 4.59. The van der Waals surface area contributed by atoms with Crippen LogP contribution in [0.25, 0.3) is 0 Å². The van der Waals surface area contributed by atoms with Gasteiger partial charge < -0.3 is 5.11 Å². The number of nitrogens with one attached hydrogen (secondary N) is 1. The van der Waals surface area contributed by atoms with E-state index in [1.165, 1.54) is 6.07 Å². The molecule has 1 aromatic carbocycles. The normalized spacial score (nSPS) is 9.57. The Balaban J connectivity index is 3.16. The Bertz CT molecular complexity index is 390. The smallest absolute Gasteiger partial charge is 0.409 e. The largest absolute Gasteiger partial charge is 0.465 e. The molecule has 0 aliphatic heterocycles. The Labute approximate surface area is 89.1 Å². The zero-order valence-corrected chi connectivity index (χ0v) is 8.96. The summed E-state index contributed by atoms with van der Waals surface area (Å²) in [6.07, 6.45) is -0.483. The maximum atomic E-state index is 10.6. The van der Waals surface area contributed by atoms with Gasteiger partial charge in [-0.15, -0.1) is 0 Å². The van der Waals surface area contributed by atoms with Gasteiger partial charge in [0, 0.05) is 15.7 Å². The van der Waals surface area contributed by atoms with Crippen molar-refractivity contribution >= 4 is 34.0 Å². The predicted octanol–water partition coefficient (Wildman–Crippen LogP) is 2.66. The number of rotatable bonds is 2. The summed E-state index contributed by atoms with van der Waals surface area (Å²) >= 11 is 3.20. The first kappa shape index (κ1) is 10.7. The van der Waals surface area contributed by atoms with Crippen LogP contribution in [-0.4, -0.2) is 17.5 Å². The van der Waals surface area contributed by atoms with Crippen molar-refractivity contribution in [1.29, 1.82) is 0 Å². The molecule has 4 nitrogen and oxygen atoms in total. The molecule has 0 spiro atoms. The van der Waals surface area contributed by atoms with Crippen LogP contribution in [0.2, 0.25) is 0 Å². The summed E-state index contributed by atoms with van der Waals surface area (Å²) in [5, 5.41) is 10.7. The Morgan fingerprint density at radius 1 is 1.57 bits per heavy atom. The third-order valence-corrected chi connectivity index (χ3v) is 2.40. The highest BCUT2D eigenvalue weighted by Gasteiger charge is 2.06. The second kappa shape index (κ2) is 4.23. The lowest BCUT2D eigenvalue weighted by Crippen LogP contribution is -2.08. The minimum atomic E-state index is -1.15. The van der Waals surface area contributed by atoms with E-state index in [2.05, 4.69) is 21.2 Å². The maximum absolute atomic E-state index is 10.6. The minimum Gasteiger partial charge on any atom is -0.465 e. The maximum Gasteiger partial charge on any atom is 0.409 e. The van der Waals surface area contributed by atoms with Crippen molar-refractivity contribution in [3.8, 4) is 0 Å². The van der Waals surface area contributed by atoms with Gasteiger partial charge in [-0.1, -0.05) is 15.9 Å². The van der Waals surface area contributed by atoms with Gasteiger partial charge in [-0.25, -0.2) is 4.79 Å². The Morgan fingerprint density at radius 2 is 2.21 bits per heavy atom. The molecule has 0 radical (unpaired) electrons. The van der Waals surface area contributed by atoms with E-state index in [0.717, 1.165) is 5.56 Å². The summed E-state index contributed by atoms with van der Waals surface area (Å²) in [7, 11) is 0. The van der Waals surface area contributed by atoms with Crippen LogP contribution in [0.3, 0.4) is 0 Å². The van der Waals surface area contributed by atoms with Gasteiger partial charge >= 0.3 is 6.09 Å². The molecule has 2 N–H and O–H groups in total. The fraction of sp³-hybridized carbons (Fsp3) is 0.111. The summed E-state index contributed by atoms with van der Waals surface area (Å²) in [6, 6.07) is 3.18. The molecule has 0 heterocycles. The van der Waals surface area contributed by atoms with Gasteiger partial charge in [0.05, 0.1) is 0 Å². The Kier molecular flexibility index (Phi) is 3.24.